The molecule has 0 aliphatic heterocycles. The molecule has 0 aliphatic carbocycles. The monoisotopic (exact) mass is 643 g/mol. The molecule has 2 atom stereocenters. The van der Waals surface area contributed by atoms with Gasteiger partial charge in [0.1, 0.15) is 11.6 Å². The molecular weight excluding hydrogens is 615 g/mol. The van der Waals surface area contributed by atoms with Crippen LogP contribution in [0.2, 0.25) is 0 Å². The molecule has 0 fully saturated rings. The van der Waals surface area contributed by atoms with Crippen molar-refractivity contribution in [1.82, 2.24) is 10.6 Å². The molecule has 0 radical (unpaired) electrons. The molecule has 4 N–H and O–H groups in total. The number of carbonyl (C=O) groups excluding carboxylic acids is 1. The summed E-state index contributed by atoms with van der Waals surface area (Å²) in [7, 11) is -3.42. The normalized spacial score (nSPS) is 13.1. The van der Waals surface area contributed by atoms with E-state index >= 15 is 0 Å². The highest BCUT2D eigenvalue weighted by Crippen LogP contribution is 2.14. The third-order valence-corrected chi connectivity index (χ3v) is 6.66. The first-order valence-corrected chi connectivity index (χ1v) is 14.4. The van der Waals surface area contributed by atoms with Crippen molar-refractivity contribution in [3.63, 3.8) is 0 Å². The molecule has 1 amide bonds. The number of sulfonamides is 1. The summed E-state index contributed by atoms with van der Waals surface area (Å²) in [6, 6.07) is 16.5. The number of halogens is 3. The first-order chi connectivity index (χ1) is 17.5. The van der Waals surface area contributed by atoms with Crippen LogP contribution in [0.25, 0.3) is 0 Å². The minimum Gasteiger partial charge on any atom is -0.390 e. The minimum absolute atomic E-state index is 0.0176. The summed E-state index contributed by atoms with van der Waals surface area (Å²) < 4.78 is 53.6. The second-order valence-electron chi connectivity index (χ2n) is 8.73. The van der Waals surface area contributed by atoms with Crippen LogP contribution in [-0.2, 0) is 34.2 Å². The first-order valence-electron chi connectivity index (χ1n) is 11.4. The third kappa shape index (κ3) is 10.3. The van der Waals surface area contributed by atoms with E-state index in [0.29, 0.717) is 23.4 Å². The molecule has 0 heterocycles. The standard InChI is InChI=1S/C26H28F2IN3O4S/c1-37(35,36)32-23-7-5-17(6-8-23)13-26(34)31-24(12-19-9-20(27)14-21(28)10-19)25(33)16-30-15-18-3-2-4-22(29)11-18/h2-11,14,24-25,30,32-33H,12-13,15-16H2,1H3,(H,31,34)/t24-,25-/m1/s1. The van der Waals surface area contributed by atoms with Gasteiger partial charge in [-0.15, -0.1) is 0 Å². The summed E-state index contributed by atoms with van der Waals surface area (Å²) >= 11 is 2.21. The lowest BCUT2D eigenvalue weighted by Gasteiger charge is -2.25. The van der Waals surface area contributed by atoms with Crippen molar-refractivity contribution in [2.75, 3.05) is 17.5 Å². The van der Waals surface area contributed by atoms with E-state index in [9.17, 15) is 27.1 Å². The highest BCUT2D eigenvalue weighted by molar-refractivity contribution is 14.1. The third-order valence-electron chi connectivity index (χ3n) is 5.38. The number of aliphatic hydroxyl groups excluding tert-OH is 1. The highest BCUT2D eigenvalue weighted by atomic mass is 127. The molecule has 0 spiro atoms. The molecule has 3 aromatic carbocycles. The van der Waals surface area contributed by atoms with Gasteiger partial charge in [0.05, 0.1) is 24.8 Å². The number of hydrogen-bond donors (Lipinski definition) is 4. The average Bonchev–Trinajstić information content (AvgIpc) is 2.78. The van der Waals surface area contributed by atoms with E-state index in [1.54, 1.807) is 24.3 Å². The van der Waals surface area contributed by atoms with Crippen molar-refractivity contribution in [3.05, 3.63) is 98.6 Å². The average molecular weight is 643 g/mol. The number of aliphatic hydroxyl groups is 1. The van der Waals surface area contributed by atoms with Gasteiger partial charge in [0.2, 0.25) is 15.9 Å². The number of hydrogen-bond acceptors (Lipinski definition) is 5. The van der Waals surface area contributed by atoms with E-state index in [1.807, 2.05) is 24.3 Å². The van der Waals surface area contributed by atoms with Crippen molar-refractivity contribution < 1.29 is 27.1 Å². The second kappa shape index (κ2) is 13.3. The second-order valence-corrected chi connectivity index (χ2v) is 11.7. The number of nitrogens with one attached hydrogen (secondary N) is 3. The van der Waals surface area contributed by atoms with Crippen molar-refractivity contribution in [3.8, 4) is 0 Å². The predicted octanol–water partition coefficient (Wildman–Crippen LogP) is 3.36. The Balaban J connectivity index is 1.66. The first kappa shape index (κ1) is 29.0. The molecule has 0 saturated heterocycles. The lowest BCUT2D eigenvalue weighted by atomic mass is 10.00. The van der Waals surface area contributed by atoms with Gasteiger partial charge in [0, 0.05) is 28.4 Å². The topological polar surface area (TPSA) is 108 Å². The summed E-state index contributed by atoms with van der Waals surface area (Å²) in [4.78, 5) is 12.8. The molecule has 11 heteroatoms. The number of amides is 1. The Morgan fingerprint density at radius 1 is 0.973 bits per heavy atom. The molecule has 0 aliphatic rings. The fraction of sp³-hybridized carbons (Fsp3) is 0.269. The Morgan fingerprint density at radius 2 is 1.65 bits per heavy atom. The predicted molar refractivity (Wildman–Crippen MR) is 147 cm³/mol. The molecule has 3 aromatic rings. The van der Waals surface area contributed by atoms with Crippen LogP contribution >= 0.6 is 22.6 Å². The molecule has 0 saturated carbocycles. The van der Waals surface area contributed by atoms with E-state index in [-0.39, 0.29) is 19.4 Å². The van der Waals surface area contributed by atoms with Gasteiger partial charge < -0.3 is 15.7 Å². The van der Waals surface area contributed by atoms with Crippen molar-refractivity contribution in [1.29, 1.82) is 0 Å². The lowest BCUT2D eigenvalue weighted by Crippen LogP contribution is -2.49. The molecule has 0 unspecified atom stereocenters. The van der Waals surface area contributed by atoms with Crippen LogP contribution in [0.3, 0.4) is 0 Å². The molecule has 37 heavy (non-hydrogen) atoms. The van der Waals surface area contributed by atoms with E-state index in [0.717, 1.165) is 21.5 Å². The van der Waals surface area contributed by atoms with Crippen LogP contribution in [0.4, 0.5) is 14.5 Å². The Bertz CT molecular complexity index is 1300. The quantitative estimate of drug-likeness (QED) is 0.227. The zero-order chi connectivity index (χ0) is 27.0. The van der Waals surface area contributed by atoms with Crippen LogP contribution in [-0.4, -0.2) is 44.4 Å². The van der Waals surface area contributed by atoms with Crippen LogP contribution in [0.15, 0.2) is 66.7 Å². The lowest BCUT2D eigenvalue weighted by molar-refractivity contribution is -0.122. The maximum atomic E-state index is 13.7. The van der Waals surface area contributed by atoms with Gasteiger partial charge in [-0.2, -0.15) is 0 Å². The van der Waals surface area contributed by atoms with Crippen LogP contribution in [0.5, 0.6) is 0 Å². The van der Waals surface area contributed by atoms with Gasteiger partial charge in [-0.3, -0.25) is 9.52 Å². The maximum Gasteiger partial charge on any atom is 0.229 e. The van der Waals surface area contributed by atoms with Crippen molar-refractivity contribution in [2.24, 2.45) is 0 Å². The summed E-state index contributed by atoms with van der Waals surface area (Å²) in [6.07, 6.45) is -0.0153. The van der Waals surface area contributed by atoms with E-state index < -0.39 is 39.7 Å². The molecule has 0 bridgehead atoms. The summed E-state index contributed by atoms with van der Waals surface area (Å²) in [6.45, 7) is 0.636. The van der Waals surface area contributed by atoms with Crippen molar-refractivity contribution in [2.45, 2.75) is 31.5 Å². The highest BCUT2D eigenvalue weighted by Gasteiger charge is 2.22. The van der Waals surface area contributed by atoms with Gasteiger partial charge in [0.25, 0.3) is 0 Å². The molecule has 198 valence electrons. The molecule has 7 nitrogen and oxygen atoms in total. The van der Waals surface area contributed by atoms with Crippen LogP contribution in [0.1, 0.15) is 16.7 Å². The number of carbonyl (C=O) groups is 1. The summed E-state index contributed by atoms with van der Waals surface area (Å²) in [5.74, 6) is -1.88. The van der Waals surface area contributed by atoms with Gasteiger partial charge in [-0.25, -0.2) is 17.2 Å². The Kier molecular flexibility index (Phi) is 10.4. The van der Waals surface area contributed by atoms with Gasteiger partial charge in [-0.05, 0) is 82.1 Å². The van der Waals surface area contributed by atoms with E-state index in [1.165, 1.54) is 12.1 Å². The van der Waals surface area contributed by atoms with Gasteiger partial charge in [-0.1, -0.05) is 24.3 Å². The molecule has 3 rings (SSSR count). The van der Waals surface area contributed by atoms with Crippen LogP contribution < -0.4 is 15.4 Å². The number of rotatable bonds is 12. The maximum absolute atomic E-state index is 13.7. The van der Waals surface area contributed by atoms with Crippen molar-refractivity contribution >= 4 is 44.2 Å². The van der Waals surface area contributed by atoms with Gasteiger partial charge >= 0.3 is 0 Å². The Labute approximate surface area is 228 Å². The molecular formula is C26H28F2IN3O4S. The van der Waals surface area contributed by atoms with Crippen LogP contribution in [0, 0.1) is 15.2 Å². The fourth-order valence-electron chi connectivity index (χ4n) is 3.77. The van der Waals surface area contributed by atoms with E-state index in [4.69, 9.17) is 0 Å². The van der Waals surface area contributed by atoms with Gasteiger partial charge in [0.15, 0.2) is 0 Å². The SMILES string of the molecule is CS(=O)(=O)Nc1ccc(CC(=O)N[C@H](Cc2cc(F)cc(F)c2)[C@H](O)CNCc2cccc(I)c2)cc1. The Hall–Kier alpha value is -2.61. The minimum atomic E-state index is -3.42. The Morgan fingerprint density at radius 3 is 2.27 bits per heavy atom. The summed E-state index contributed by atoms with van der Waals surface area (Å²) in [5.41, 5.74) is 2.32. The fourth-order valence-corrected chi connectivity index (χ4v) is 4.94. The largest absolute Gasteiger partial charge is 0.390 e. The smallest absolute Gasteiger partial charge is 0.229 e. The number of benzene rings is 3. The summed E-state index contributed by atoms with van der Waals surface area (Å²) in [5, 5.41) is 16.8. The zero-order valence-electron chi connectivity index (χ0n) is 20.0. The molecule has 0 aromatic heterocycles. The van der Waals surface area contributed by atoms with E-state index in [2.05, 4.69) is 37.9 Å². The zero-order valence-corrected chi connectivity index (χ0v) is 23.0. The number of anilines is 1.